The van der Waals surface area contributed by atoms with Crippen LogP contribution in [-0.4, -0.2) is 14.3 Å². The van der Waals surface area contributed by atoms with E-state index in [1.54, 1.807) is 12.1 Å². The van der Waals surface area contributed by atoms with Crippen molar-refractivity contribution in [2.24, 2.45) is 0 Å². The number of anilines is 2. The molecule has 0 aliphatic heterocycles. The first kappa shape index (κ1) is 20.9. The number of carbonyl (C=O) groups excluding carboxylic acids is 1. The van der Waals surface area contributed by atoms with E-state index >= 15 is 0 Å². The molecule has 0 unspecified atom stereocenters. The van der Waals surface area contributed by atoms with E-state index in [0.717, 1.165) is 16.7 Å². The SMILES string of the molecule is Cc1cccc(NC(=O)c2ccc(Cl)c(S(=O)(=O)Nc3ccc(C)cc3C)c2)c1. The Morgan fingerprint density at radius 3 is 2.31 bits per heavy atom. The van der Waals surface area contributed by atoms with Crippen molar-refractivity contribution in [2.45, 2.75) is 25.7 Å². The molecule has 3 rings (SSSR count). The van der Waals surface area contributed by atoms with Crippen LogP contribution >= 0.6 is 11.6 Å². The van der Waals surface area contributed by atoms with Crippen molar-refractivity contribution >= 4 is 38.9 Å². The number of carbonyl (C=O) groups is 1. The number of nitrogens with one attached hydrogen (secondary N) is 2. The van der Waals surface area contributed by atoms with Crippen LogP contribution < -0.4 is 10.0 Å². The monoisotopic (exact) mass is 428 g/mol. The van der Waals surface area contributed by atoms with Gasteiger partial charge < -0.3 is 5.32 Å². The van der Waals surface area contributed by atoms with Crippen molar-refractivity contribution in [1.82, 2.24) is 0 Å². The molecule has 3 aromatic rings. The molecule has 0 fully saturated rings. The molecule has 1 amide bonds. The summed E-state index contributed by atoms with van der Waals surface area (Å²) in [5, 5.41) is 2.80. The molecule has 150 valence electrons. The van der Waals surface area contributed by atoms with Gasteiger partial charge in [-0.25, -0.2) is 8.42 Å². The largest absolute Gasteiger partial charge is 0.322 e. The van der Waals surface area contributed by atoms with E-state index in [4.69, 9.17) is 11.6 Å². The molecule has 0 aliphatic carbocycles. The minimum absolute atomic E-state index is 0.0365. The van der Waals surface area contributed by atoms with Crippen LogP contribution in [0.3, 0.4) is 0 Å². The second-order valence-electron chi connectivity index (χ2n) is 6.89. The Hall–Kier alpha value is -2.83. The van der Waals surface area contributed by atoms with Crippen molar-refractivity contribution in [3.8, 4) is 0 Å². The zero-order valence-electron chi connectivity index (χ0n) is 16.3. The fraction of sp³-hybridized carbons (Fsp3) is 0.136. The van der Waals surface area contributed by atoms with Crippen LogP contribution in [0.2, 0.25) is 5.02 Å². The maximum Gasteiger partial charge on any atom is 0.263 e. The number of hydrogen-bond donors (Lipinski definition) is 2. The van der Waals surface area contributed by atoms with Crippen LogP contribution in [0.25, 0.3) is 0 Å². The Morgan fingerprint density at radius 1 is 0.897 bits per heavy atom. The van der Waals surface area contributed by atoms with Gasteiger partial charge in [0.15, 0.2) is 0 Å². The van der Waals surface area contributed by atoms with Gasteiger partial charge in [0, 0.05) is 11.3 Å². The Labute approximate surface area is 175 Å². The van der Waals surface area contributed by atoms with Gasteiger partial charge in [-0.2, -0.15) is 0 Å². The molecule has 0 radical (unpaired) electrons. The molecular formula is C22H21ClN2O3S. The summed E-state index contributed by atoms with van der Waals surface area (Å²) in [6.45, 7) is 5.66. The van der Waals surface area contributed by atoms with E-state index in [9.17, 15) is 13.2 Å². The quantitative estimate of drug-likeness (QED) is 0.577. The van der Waals surface area contributed by atoms with Gasteiger partial charge in [-0.3, -0.25) is 9.52 Å². The molecule has 0 aliphatic rings. The van der Waals surface area contributed by atoms with Gasteiger partial charge in [0.25, 0.3) is 15.9 Å². The van der Waals surface area contributed by atoms with E-state index in [1.807, 2.05) is 51.1 Å². The van der Waals surface area contributed by atoms with Crippen LogP contribution in [0.5, 0.6) is 0 Å². The molecule has 29 heavy (non-hydrogen) atoms. The zero-order valence-corrected chi connectivity index (χ0v) is 17.9. The lowest BCUT2D eigenvalue weighted by Crippen LogP contribution is -2.17. The number of benzene rings is 3. The second-order valence-corrected chi connectivity index (χ2v) is 8.95. The molecule has 3 aromatic carbocycles. The average Bonchev–Trinajstić information content (AvgIpc) is 2.64. The highest BCUT2D eigenvalue weighted by Crippen LogP contribution is 2.27. The zero-order chi connectivity index (χ0) is 21.2. The molecule has 0 atom stereocenters. The smallest absolute Gasteiger partial charge is 0.263 e. The lowest BCUT2D eigenvalue weighted by atomic mass is 10.1. The summed E-state index contributed by atoms with van der Waals surface area (Å²) in [5.41, 5.74) is 4.09. The van der Waals surface area contributed by atoms with Gasteiger partial charge in [-0.15, -0.1) is 0 Å². The van der Waals surface area contributed by atoms with E-state index in [0.29, 0.717) is 11.4 Å². The normalized spacial score (nSPS) is 11.2. The topological polar surface area (TPSA) is 75.3 Å². The minimum Gasteiger partial charge on any atom is -0.322 e. The summed E-state index contributed by atoms with van der Waals surface area (Å²) >= 11 is 6.15. The summed E-state index contributed by atoms with van der Waals surface area (Å²) in [5.74, 6) is -0.421. The Kier molecular flexibility index (Phi) is 5.96. The maximum atomic E-state index is 12.9. The van der Waals surface area contributed by atoms with E-state index < -0.39 is 15.9 Å². The molecule has 7 heteroatoms. The first-order valence-corrected chi connectivity index (χ1v) is 10.8. The second kappa shape index (κ2) is 8.27. The molecule has 0 aromatic heterocycles. The summed E-state index contributed by atoms with van der Waals surface area (Å²) in [7, 11) is -3.98. The maximum absolute atomic E-state index is 12.9. The third kappa shape index (κ3) is 4.96. The molecular weight excluding hydrogens is 408 g/mol. The molecule has 0 bridgehead atoms. The third-order valence-electron chi connectivity index (χ3n) is 4.39. The number of sulfonamides is 1. The highest BCUT2D eigenvalue weighted by atomic mass is 35.5. The molecule has 0 saturated heterocycles. The number of aryl methyl sites for hydroxylation is 3. The molecule has 5 nitrogen and oxygen atoms in total. The van der Waals surface area contributed by atoms with Gasteiger partial charge >= 0.3 is 0 Å². The summed E-state index contributed by atoms with van der Waals surface area (Å²) in [6.07, 6.45) is 0. The van der Waals surface area contributed by atoms with Crippen molar-refractivity contribution in [1.29, 1.82) is 0 Å². The van der Waals surface area contributed by atoms with Crippen molar-refractivity contribution in [3.63, 3.8) is 0 Å². The number of halogens is 1. The Balaban J connectivity index is 1.90. The van der Waals surface area contributed by atoms with Gasteiger partial charge in [0.1, 0.15) is 4.90 Å². The molecule has 2 N–H and O–H groups in total. The van der Waals surface area contributed by atoms with Crippen LogP contribution in [0.4, 0.5) is 11.4 Å². The lowest BCUT2D eigenvalue weighted by molar-refractivity contribution is 0.102. The van der Waals surface area contributed by atoms with Gasteiger partial charge in [-0.1, -0.05) is 41.4 Å². The van der Waals surface area contributed by atoms with Crippen LogP contribution in [0.1, 0.15) is 27.0 Å². The Morgan fingerprint density at radius 2 is 1.62 bits per heavy atom. The van der Waals surface area contributed by atoms with Crippen molar-refractivity contribution in [3.05, 3.63) is 87.9 Å². The first-order chi connectivity index (χ1) is 13.7. The van der Waals surface area contributed by atoms with Crippen LogP contribution in [0, 0.1) is 20.8 Å². The van der Waals surface area contributed by atoms with Gasteiger partial charge in [-0.05, 0) is 68.3 Å². The third-order valence-corrected chi connectivity index (χ3v) is 6.23. The highest BCUT2D eigenvalue weighted by molar-refractivity contribution is 7.92. The summed E-state index contributed by atoms with van der Waals surface area (Å²) < 4.78 is 28.4. The standard InChI is InChI=1S/C22H21ClN2O3S/c1-14-5-4-6-18(12-14)24-22(26)17-8-9-19(23)21(13-17)29(27,28)25-20-10-7-15(2)11-16(20)3/h4-13,25H,1-3H3,(H,24,26). The molecule has 0 spiro atoms. The van der Waals surface area contributed by atoms with Gasteiger partial charge in [0.05, 0.1) is 10.7 Å². The predicted molar refractivity (Wildman–Crippen MR) is 117 cm³/mol. The Bertz CT molecular complexity index is 1190. The van der Waals surface area contributed by atoms with Gasteiger partial charge in [0.2, 0.25) is 0 Å². The van der Waals surface area contributed by atoms with Crippen molar-refractivity contribution < 1.29 is 13.2 Å². The summed E-state index contributed by atoms with van der Waals surface area (Å²) in [4.78, 5) is 12.4. The molecule has 0 heterocycles. The minimum atomic E-state index is -3.98. The number of hydrogen-bond acceptors (Lipinski definition) is 3. The summed E-state index contributed by atoms with van der Waals surface area (Å²) in [6, 6.07) is 16.9. The fourth-order valence-electron chi connectivity index (χ4n) is 2.90. The lowest BCUT2D eigenvalue weighted by Gasteiger charge is -2.13. The van der Waals surface area contributed by atoms with Crippen molar-refractivity contribution in [2.75, 3.05) is 10.0 Å². The fourth-order valence-corrected chi connectivity index (χ4v) is 4.56. The molecule has 0 saturated carbocycles. The highest BCUT2D eigenvalue weighted by Gasteiger charge is 2.21. The van der Waals surface area contributed by atoms with E-state index in [1.165, 1.54) is 18.2 Å². The van der Waals surface area contributed by atoms with E-state index in [-0.39, 0.29) is 15.5 Å². The van der Waals surface area contributed by atoms with Crippen LogP contribution in [-0.2, 0) is 10.0 Å². The average molecular weight is 429 g/mol. The number of rotatable bonds is 5. The van der Waals surface area contributed by atoms with E-state index in [2.05, 4.69) is 10.0 Å². The first-order valence-electron chi connectivity index (χ1n) is 8.93. The number of amides is 1. The predicted octanol–water partition coefficient (Wildman–Crippen LogP) is 5.32. The van der Waals surface area contributed by atoms with Crippen LogP contribution in [0.15, 0.2) is 65.6 Å².